The summed E-state index contributed by atoms with van der Waals surface area (Å²) in [6.07, 6.45) is 7.41. The van der Waals surface area contributed by atoms with Crippen molar-refractivity contribution in [3.05, 3.63) is 17.4 Å². The van der Waals surface area contributed by atoms with E-state index < -0.39 is 0 Å². The second-order valence-corrected chi connectivity index (χ2v) is 4.34. The van der Waals surface area contributed by atoms with E-state index in [1.807, 2.05) is 10.9 Å². The molecule has 1 fully saturated rings. The third-order valence-electron chi connectivity index (χ3n) is 2.83. The number of hydrogen-bond donors (Lipinski definition) is 1. The van der Waals surface area contributed by atoms with Gasteiger partial charge >= 0.3 is 0 Å². The Kier molecular flexibility index (Phi) is 3.43. The van der Waals surface area contributed by atoms with Crippen molar-refractivity contribution in [2.24, 2.45) is 5.92 Å². The van der Waals surface area contributed by atoms with E-state index in [0.717, 1.165) is 17.5 Å². The second-order valence-electron chi connectivity index (χ2n) is 3.90. The summed E-state index contributed by atoms with van der Waals surface area (Å²) in [5, 5.41) is 8.27. The molecule has 0 atom stereocenters. The normalized spacial score (nSPS) is 18.6. The molecule has 3 nitrogen and oxygen atoms in total. The summed E-state index contributed by atoms with van der Waals surface area (Å²) in [5.74, 6) is 0.860. The molecule has 1 aromatic heterocycles. The number of piperidine rings is 1. The van der Waals surface area contributed by atoms with Gasteiger partial charge in [-0.3, -0.25) is 4.68 Å². The van der Waals surface area contributed by atoms with Gasteiger partial charge in [0.15, 0.2) is 0 Å². The Hall–Kier alpha value is -0.540. The molecule has 0 unspecified atom stereocenters. The van der Waals surface area contributed by atoms with E-state index in [-0.39, 0.29) is 0 Å². The fourth-order valence-corrected chi connectivity index (χ4v) is 2.10. The maximum absolute atomic E-state index is 5.79. The fraction of sp³-hybridized carbons (Fsp3) is 0.700. The molecule has 1 saturated heterocycles. The number of rotatable bonds is 3. The number of nitrogens with zero attached hydrogens (tertiary/aromatic N) is 2. The fourth-order valence-electron chi connectivity index (χ4n) is 1.95. The smallest absolute Gasteiger partial charge is 0.0785 e. The van der Waals surface area contributed by atoms with Crippen LogP contribution in [-0.4, -0.2) is 22.9 Å². The number of halogens is 1. The van der Waals surface area contributed by atoms with Crippen LogP contribution < -0.4 is 5.32 Å². The van der Waals surface area contributed by atoms with Gasteiger partial charge in [0.05, 0.1) is 11.2 Å². The van der Waals surface area contributed by atoms with Crippen LogP contribution in [0.2, 0.25) is 5.02 Å². The summed E-state index contributed by atoms with van der Waals surface area (Å²) >= 11 is 5.79. The van der Waals surface area contributed by atoms with Crippen molar-refractivity contribution in [2.75, 3.05) is 13.1 Å². The van der Waals surface area contributed by atoms with E-state index in [4.69, 9.17) is 11.6 Å². The maximum Gasteiger partial charge on any atom is 0.0785 e. The van der Waals surface area contributed by atoms with Crippen molar-refractivity contribution in [1.82, 2.24) is 15.1 Å². The van der Waals surface area contributed by atoms with Gasteiger partial charge in [0.1, 0.15) is 0 Å². The zero-order valence-electron chi connectivity index (χ0n) is 8.25. The molecular weight excluding hydrogens is 198 g/mol. The average molecular weight is 214 g/mol. The summed E-state index contributed by atoms with van der Waals surface area (Å²) in [7, 11) is 0. The van der Waals surface area contributed by atoms with Crippen molar-refractivity contribution in [2.45, 2.75) is 25.8 Å². The van der Waals surface area contributed by atoms with Crippen molar-refractivity contribution in [3.63, 3.8) is 0 Å². The van der Waals surface area contributed by atoms with Crippen LogP contribution >= 0.6 is 11.6 Å². The third-order valence-corrected chi connectivity index (χ3v) is 3.02. The zero-order chi connectivity index (χ0) is 9.80. The minimum absolute atomic E-state index is 0.732. The number of aromatic nitrogens is 2. The van der Waals surface area contributed by atoms with E-state index in [1.165, 1.54) is 32.4 Å². The zero-order valence-corrected chi connectivity index (χ0v) is 9.00. The lowest BCUT2D eigenvalue weighted by Gasteiger charge is -2.22. The molecule has 1 N–H and O–H groups in total. The van der Waals surface area contributed by atoms with Crippen molar-refractivity contribution in [3.8, 4) is 0 Å². The van der Waals surface area contributed by atoms with E-state index in [0.29, 0.717) is 0 Å². The standard InChI is InChI=1S/C10H16ClN3/c11-10-7-13-14(8-10)6-3-9-1-4-12-5-2-9/h7-9,12H,1-6H2. The minimum atomic E-state index is 0.732. The average Bonchev–Trinajstić information content (AvgIpc) is 2.63. The van der Waals surface area contributed by atoms with Gasteiger partial charge in [-0.05, 0) is 38.3 Å². The van der Waals surface area contributed by atoms with Gasteiger partial charge in [0.2, 0.25) is 0 Å². The van der Waals surface area contributed by atoms with Crippen molar-refractivity contribution in [1.29, 1.82) is 0 Å². The Labute approximate surface area is 89.4 Å². The molecule has 0 spiro atoms. The molecule has 0 radical (unpaired) electrons. The lowest BCUT2D eigenvalue weighted by Crippen LogP contribution is -2.28. The van der Waals surface area contributed by atoms with Crippen LogP contribution in [0, 0.1) is 5.92 Å². The molecule has 78 valence electrons. The molecule has 0 bridgehead atoms. The van der Waals surface area contributed by atoms with Crippen LogP contribution in [0.4, 0.5) is 0 Å². The summed E-state index contributed by atoms with van der Waals surface area (Å²) in [4.78, 5) is 0. The summed E-state index contributed by atoms with van der Waals surface area (Å²) < 4.78 is 1.93. The highest BCUT2D eigenvalue weighted by Crippen LogP contribution is 2.17. The molecule has 2 heterocycles. The van der Waals surface area contributed by atoms with Crippen molar-refractivity contribution < 1.29 is 0 Å². The second kappa shape index (κ2) is 4.80. The van der Waals surface area contributed by atoms with Gasteiger partial charge in [-0.2, -0.15) is 5.10 Å². The van der Waals surface area contributed by atoms with Gasteiger partial charge < -0.3 is 5.32 Å². The molecular formula is C10H16ClN3. The van der Waals surface area contributed by atoms with Crippen molar-refractivity contribution >= 4 is 11.6 Å². The van der Waals surface area contributed by atoms with Gasteiger partial charge in [-0.25, -0.2) is 0 Å². The topological polar surface area (TPSA) is 29.9 Å². The lowest BCUT2D eigenvalue weighted by atomic mass is 9.95. The summed E-state index contributed by atoms with van der Waals surface area (Å²) in [6, 6.07) is 0. The molecule has 0 aliphatic carbocycles. The van der Waals surface area contributed by atoms with Crippen LogP contribution in [0.1, 0.15) is 19.3 Å². The molecule has 0 aromatic carbocycles. The highest BCUT2D eigenvalue weighted by atomic mass is 35.5. The van der Waals surface area contributed by atoms with Crippen LogP contribution in [0.3, 0.4) is 0 Å². The van der Waals surface area contributed by atoms with Crippen LogP contribution in [-0.2, 0) is 6.54 Å². The molecule has 1 aromatic rings. The Morgan fingerprint density at radius 2 is 2.29 bits per heavy atom. The quantitative estimate of drug-likeness (QED) is 0.832. The molecule has 1 aliphatic heterocycles. The molecule has 14 heavy (non-hydrogen) atoms. The van der Waals surface area contributed by atoms with Gasteiger partial charge in [0.25, 0.3) is 0 Å². The molecule has 1 aliphatic rings. The SMILES string of the molecule is Clc1cnn(CCC2CCNCC2)c1. The van der Waals surface area contributed by atoms with Gasteiger partial charge in [-0.15, -0.1) is 0 Å². The predicted octanol–water partition coefficient (Wildman–Crippen LogP) is 1.93. The number of nitrogens with one attached hydrogen (secondary N) is 1. The van der Waals surface area contributed by atoms with Crippen LogP contribution in [0.15, 0.2) is 12.4 Å². The van der Waals surface area contributed by atoms with Gasteiger partial charge in [0, 0.05) is 12.7 Å². The molecule has 4 heteroatoms. The molecule has 0 saturated carbocycles. The minimum Gasteiger partial charge on any atom is -0.317 e. The first-order valence-corrected chi connectivity index (χ1v) is 5.61. The van der Waals surface area contributed by atoms with E-state index in [1.54, 1.807) is 6.20 Å². The Balaban J connectivity index is 1.76. The van der Waals surface area contributed by atoms with Crippen LogP contribution in [0.5, 0.6) is 0 Å². The molecule has 2 rings (SSSR count). The van der Waals surface area contributed by atoms with E-state index in [9.17, 15) is 0 Å². The monoisotopic (exact) mass is 213 g/mol. The number of aryl methyl sites for hydroxylation is 1. The summed E-state index contributed by atoms with van der Waals surface area (Å²) in [5.41, 5.74) is 0. The maximum atomic E-state index is 5.79. The summed E-state index contributed by atoms with van der Waals surface area (Å²) in [6.45, 7) is 3.34. The Morgan fingerprint density at radius 3 is 2.93 bits per heavy atom. The Bertz CT molecular complexity index is 279. The first kappa shape index (κ1) is 9.99. The number of hydrogen-bond acceptors (Lipinski definition) is 2. The highest BCUT2D eigenvalue weighted by molar-refractivity contribution is 6.30. The largest absolute Gasteiger partial charge is 0.317 e. The highest BCUT2D eigenvalue weighted by Gasteiger charge is 2.12. The van der Waals surface area contributed by atoms with E-state index >= 15 is 0 Å². The predicted molar refractivity (Wildman–Crippen MR) is 57.4 cm³/mol. The molecule has 0 amide bonds. The Morgan fingerprint density at radius 1 is 1.50 bits per heavy atom. The lowest BCUT2D eigenvalue weighted by molar-refractivity contribution is 0.332. The first-order chi connectivity index (χ1) is 6.84. The third kappa shape index (κ3) is 2.72. The van der Waals surface area contributed by atoms with Crippen LogP contribution in [0.25, 0.3) is 0 Å². The van der Waals surface area contributed by atoms with Gasteiger partial charge in [-0.1, -0.05) is 11.6 Å². The first-order valence-electron chi connectivity index (χ1n) is 5.23. The van der Waals surface area contributed by atoms with E-state index in [2.05, 4.69) is 10.4 Å².